The third-order valence-electron chi connectivity index (χ3n) is 3.54. The highest BCUT2D eigenvalue weighted by atomic mass is 32.1. The second-order valence-electron chi connectivity index (χ2n) is 5.03. The molecule has 1 aliphatic rings. The van der Waals surface area contributed by atoms with Crippen LogP contribution in [0, 0.1) is 0 Å². The van der Waals surface area contributed by atoms with E-state index in [4.69, 9.17) is 22.7 Å². The van der Waals surface area contributed by atoms with Crippen LogP contribution in [-0.2, 0) is 11.3 Å². The van der Waals surface area contributed by atoms with Crippen LogP contribution in [0.15, 0.2) is 36.5 Å². The first-order chi connectivity index (χ1) is 9.72. The van der Waals surface area contributed by atoms with Gasteiger partial charge in [0, 0.05) is 31.2 Å². The summed E-state index contributed by atoms with van der Waals surface area (Å²) in [4.78, 5) is 7.10. The van der Waals surface area contributed by atoms with Crippen LogP contribution in [0.5, 0.6) is 0 Å². The van der Waals surface area contributed by atoms with Gasteiger partial charge in [-0.1, -0.05) is 24.4 Å². The Hall–Kier alpha value is -1.56. The molecule has 4 nitrogen and oxygen atoms in total. The van der Waals surface area contributed by atoms with Gasteiger partial charge in [0.1, 0.15) is 11.1 Å². The Labute approximate surface area is 123 Å². The standard InChI is InChI=1S/C15H17N3OS/c16-15(20)14-10-18(6-7-19-14)9-11-3-4-13-12(8-11)2-1-5-17-13/h1-5,8,14H,6-7,9-10H2,(H2,16,20). The Morgan fingerprint density at radius 3 is 3.20 bits per heavy atom. The highest BCUT2D eigenvalue weighted by molar-refractivity contribution is 7.80. The van der Waals surface area contributed by atoms with E-state index in [1.165, 1.54) is 10.9 Å². The minimum absolute atomic E-state index is 0.124. The molecule has 1 saturated heterocycles. The average Bonchev–Trinajstić information content (AvgIpc) is 2.47. The molecular formula is C15H17N3OS. The molecule has 2 heterocycles. The third kappa shape index (κ3) is 2.95. The van der Waals surface area contributed by atoms with E-state index in [1.807, 2.05) is 12.3 Å². The molecule has 1 fully saturated rings. The maximum Gasteiger partial charge on any atom is 0.120 e. The molecule has 0 bridgehead atoms. The van der Waals surface area contributed by atoms with Crippen molar-refractivity contribution in [3.8, 4) is 0 Å². The van der Waals surface area contributed by atoms with Crippen LogP contribution in [0.3, 0.4) is 0 Å². The van der Waals surface area contributed by atoms with Gasteiger partial charge in [-0.3, -0.25) is 9.88 Å². The number of benzene rings is 1. The van der Waals surface area contributed by atoms with Crippen molar-refractivity contribution in [2.45, 2.75) is 12.6 Å². The summed E-state index contributed by atoms with van der Waals surface area (Å²) in [5.41, 5.74) is 7.97. The maximum atomic E-state index is 5.67. The highest BCUT2D eigenvalue weighted by Gasteiger charge is 2.22. The molecule has 1 atom stereocenters. The quantitative estimate of drug-likeness (QED) is 0.871. The van der Waals surface area contributed by atoms with Crippen molar-refractivity contribution < 1.29 is 4.74 Å². The number of fused-ring (bicyclic) bond motifs is 1. The second-order valence-corrected chi connectivity index (χ2v) is 5.50. The fourth-order valence-electron chi connectivity index (χ4n) is 2.50. The molecule has 0 saturated carbocycles. The molecule has 2 N–H and O–H groups in total. The minimum Gasteiger partial charge on any atom is -0.391 e. The zero-order valence-electron chi connectivity index (χ0n) is 11.2. The number of nitrogens with two attached hydrogens (primary N) is 1. The molecule has 5 heteroatoms. The van der Waals surface area contributed by atoms with E-state index in [0.717, 1.165) is 25.2 Å². The lowest BCUT2D eigenvalue weighted by Gasteiger charge is -2.32. The monoisotopic (exact) mass is 287 g/mol. The molecule has 0 spiro atoms. The van der Waals surface area contributed by atoms with Gasteiger partial charge in [-0.25, -0.2) is 0 Å². The van der Waals surface area contributed by atoms with Gasteiger partial charge in [-0.15, -0.1) is 0 Å². The largest absolute Gasteiger partial charge is 0.391 e. The van der Waals surface area contributed by atoms with Crippen LogP contribution in [0.4, 0.5) is 0 Å². The van der Waals surface area contributed by atoms with Gasteiger partial charge in [-0.2, -0.15) is 0 Å². The molecule has 3 rings (SSSR count). The lowest BCUT2D eigenvalue weighted by Crippen LogP contribution is -2.47. The van der Waals surface area contributed by atoms with Gasteiger partial charge in [0.2, 0.25) is 0 Å². The topological polar surface area (TPSA) is 51.4 Å². The number of hydrogen-bond donors (Lipinski definition) is 1. The average molecular weight is 287 g/mol. The van der Waals surface area contributed by atoms with Crippen molar-refractivity contribution in [1.29, 1.82) is 0 Å². The fraction of sp³-hybridized carbons (Fsp3) is 0.333. The summed E-state index contributed by atoms with van der Waals surface area (Å²) in [5, 5.41) is 1.17. The first kappa shape index (κ1) is 13.4. The zero-order valence-corrected chi connectivity index (χ0v) is 12.0. The van der Waals surface area contributed by atoms with Crippen molar-refractivity contribution in [2.24, 2.45) is 5.73 Å². The summed E-state index contributed by atoms with van der Waals surface area (Å²) in [5.74, 6) is 0. The molecule has 1 aliphatic heterocycles. The lowest BCUT2D eigenvalue weighted by molar-refractivity contribution is 0.00392. The Morgan fingerprint density at radius 1 is 1.45 bits per heavy atom. The fourth-order valence-corrected chi connectivity index (χ4v) is 2.64. The van der Waals surface area contributed by atoms with Gasteiger partial charge in [-0.05, 0) is 23.8 Å². The zero-order chi connectivity index (χ0) is 13.9. The van der Waals surface area contributed by atoms with Gasteiger partial charge >= 0.3 is 0 Å². The van der Waals surface area contributed by atoms with Crippen molar-refractivity contribution >= 4 is 28.1 Å². The van der Waals surface area contributed by atoms with Gasteiger partial charge in [0.15, 0.2) is 0 Å². The van der Waals surface area contributed by atoms with Crippen LogP contribution >= 0.6 is 12.2 Å². The highest BCUT2D eigenvalue weighted by Crippen LogP contribution is 2.16. The summed E-state index contributed by atoms with van der Waals surface area (Å²) in [6.07, 6.45) is 1.69. The third-order valence-corrected chi connectivity index (χ3v) is 3.80. The van der Waals surface area contributed by atoms with Crippen molar-refractivity contribution in [2.75, 3.05) is 19.7 Å². The maximum absolute atomic E-state index is 5.67. The van der Waals surface area contributed by atoms with Gasteiger partial charge in [0.25, 0.3) is 0 Å². The second kappa shape index (κ2) is 5.83. The van der Waals surface area contributed by atoms with Crippen molar-refractivity contribution in [3.05, 3.63) is 42.1 Å². The lowest BCUT2D eigenvalue weighted by atomic mass is 10.1. The normalized spacial score (nSPS) is 20.1. The van der Waals surface area contributed by atoms with Crippen LogP contribution < -0.4 is 5.73 Å². The predicted octanol–water partition coefficient (Wildman–Crippen LogP) is 1.72. The van der Waals surface area contributed by atoms with E-state index in [2.05, 4.69) is 34.1 Å². The smallest absolute Gasteiger partial charge is 0.120 e. The molecule has 0 radical (unpaired) electrons. The van der Waals surface area contributed by atoms with Crippen LogP contribution in [0.1, 0.15) is 5.56 Å². The van der Waals surface area contributed by atoms with E-state index < -0.39 is 0 Å². The van der Waals surface area contributed by atoms with Crippen LogP contribution in [0.2, 0.25) is 0 Å². The number of morpholine rings is 1. The van der Waals surface area contributed by atoms with Gasteiger partial charge < -0.3 is 10.5 Å². The number of aromatic nitrogens is 1. The van der Waals surface area contributed by atoms with E-state index >= 15 is 0 Å². The Bertz CT molecular complexity index is 631. The molecule has 1 aromatic carbocycles. The predicted molar refractivity (Wildman–Crippen MR) is 83.5 cm³/mol. The first-order valence-electron chi connectivity index (χ1n) is 6.69. The summed E-state index contributed by atoms with van der Waals surface area (Å²) in [6.45, 7) is 3.23. The number of pyridine rings is 1. The number of hydrogen-bond acceptors (Lipinski definition) is 4. The summed E-state index contributed by atoms with van der Waals surface area (Å²) in [7, 11) is 0. The summed E-state index contributed by atoms with van der Waals surface area (Å²) < 4.78 is 5.56. The number of thiocarbonyl (C=S) groups is 1. The van der Waals surface area contributed by atoms with Crippen LogP contribution in [0.25, 0.3) is 10.9 Å². The first-order valence-corrected chi connectivity index (χ1v) is 7.10. The number of rotatable bonds is 3. The van der Waals surface area contributed by atoms with E-state index in [-0.39, 0.29) is 6.10 Å². The van der Waals surface area contributed by atoms with Gasteiger partial charge in [0.05, 0.1) is 12.1 Å². The van der Waals surface area contributed by atoms with Crippen molar-refractivity contribution in [1.82, 2.24) is 9.88 Å². The molecule has 1 aromatic heterocycles. The SMILES string of the molecule is NC(=S)C1CN(Cc2ccc3ncccc3c2)CCO1. The van der Waals surface area contributed by atoms with E-state index in [0.29, 0.717) is 11.6 Å². The molecule has 104 valence electrons. The van der Waals surface area contributed by atoms with E-state index in [1.54, 1.807) is 0 Å². The van der Waals surface area contributed by atoms with Crippen molar-refractivity contribution in [3.63, 3.8) is 0 Å². The molecule has 1 unspecified atom stereocenters. The Kier molecular flexibility index (Phi) is 3.91. The molecule has 20 heavy (non-hydrogen) atoms. The number of ether oxygens (including phenoxy) is 1. The molecule has 0 aliphatic carbocycles. The van der Waals surface area contributed by atoms with E-state index in [9.17, 15) is 0 Å². The molecule has 0 amide bonds. The Morgan fingerprint density at radius 2 is 2.35 bits per heavy atom. The summed E-state index contributed by atoms with van der Waals surface area (Å²) in [6, 6.07) is 10.4. The minimum atomic E-state index is -0.124. The Balaban J connectivity index is 1.74. The molecular weight excluding hydrogens is 270 g/mol. The van der Waals surface area contributed by atoms with Crippen LogP contribution in [-0.4, -0.2) is 40.7 Å². The number of nitrogens with zero attached hydrogens (tertiary/aromatic N) is 2. The summed E-state index contributed by atoms with van der Waals surface area (Å²) >= 11 is 5.01. The molecule has 2 aromatic rings.